The maximum Gasteiger partial charge on any atom is 0.140 e. The average Bonchev–Trinajstić information content (AvgIpc) is 2.68. The van der Waals surface area contributed by atoms with Crippen LogP contribution in [0.3, 0.4) is 0 Å². The first kappa shape index (κ1) is 9.71. The van der Waals surface area contributed by atoms with Crippen molar-refractivity contribution in [3.8, 4) is 0 Å². The van der Waals surface area contributed by atoms with E-state index in [-0.39, 0.29) is 0 Å². The summed E-state index contributed by atoms with van der Waals surface area (Å²) in [6.07, 6.45) is 4.44. The zero-order valence-corrected chi connectivity index (χ0v) is 8.33. The van der Waals surface area contributed by atoms with E-state index in [0.717, 1.165) is 23.1 Å². The Bertz CT molecular complexity index is 365. The fourth-order valence-corrected chi connectivity index (χ4v) is 1.21. The van der Waals surface area contributed by atoms with Gasteiger partial charge < -0.3 is 4.98 Å². The molecule has 0 aromatic carbocycles. The Morgan fingerprint density at radius 1 is 1.31 bits per heavy atom. The SMILES string of the molecule is CC.CCc1ncnc2[nH]ccc12. The van der Waals surface area contributed by atoms with Gasteiger partial charge >= 0.3 is 0 Å². The number of nitrogens with zero attached hydrogens (tertiary/aromatic N) is 2. The summed E-state index contributed by atoms with van der Waals surface area (Å²) in [6.45, 7) is 6.09. The first-order chi connectivity index (χ1) is 6.42. The maximum atomic E-state index is 4.17. The van der Waals surface area contributed by atoms with E-state index < -0.39 is 0 Å². The summed E-state index contributed by atoms with van der Waals surface area (Å²) in [4.78, 5) is 11.3. The second-order valence-electron chi connectivity index (χ2n) is 2.41. The fourth-order valence-electron chi connectivity index (χ4n) is 1.21. The third-order valence-corrected chi connectivity index (χ3v) is 1.77. The first-order valence-corrected chi connectivity index (χ1v) is 4.68. The smallest absolute Gasteiger partial charge is 0.140 e. The molecule has 0 radical (unpaired) electrons. The van der Waals surface area contributed by atoms with Crippen molar-refractivity contribution in [3.05, 3.63) is 24.3 Å². The number of aromatic nitrogens is 3. The Hall–Kier alpha value is -1.38. The van der Waals surface area contributed by atoms with Gasteiger partial charge in [-0.25, -0.2) is 9.97 Å². The van der Waals surface area contributed by atoms with Gasteiger partial charge in [-0.15, -0.1) is 0 Å². The lowest BCUT2D eigenvalue weighted by Gasteiger charge is -1.94. The molecule has 3 nitrogen and oxygen atoms in total. The Labute approximate surface area is 78.2 Å². The van der Waals surface area contributed by atoms with Crippen LogP contribution in [0.4, 0.5) is 0 Å². The van der Waals surface area contributed by atoms with Crippen molar-refractivity contribution in [2.75, 3.05) is 0 Å². The van der Waals surface area contributed by atoms with Crippen LogP contribution in [0.2, 0.25) is 0 Å². The molecule has 0 unspecified atom stereocenters. The summed E-state index contributed by atoms with van der Waals surface area (Å²) in [7, 11) is 0. The highest BCUT2D eigenvalue weighted by Gasteiger charge is 1.99. The Kier molecular flexibility index (Phi) is 3.43. The fraction of sp³-hybridized carbons (Fsp3) is 0.400. The summed E-state index contributed by atoms with van der Waals surface area (Å²) in [5, 5.41) is 1.13. The third kappa shape index (κ3) is 1.86. The quantitative estimate of drug-likeness (QED) is 0.727. The third-order valence-electron chi connectivity index (χ3n) is 1.77. The maximum absolute atomic E-state index is 4.17. The van der Waals surface area contributed by atoms with Gasteiger partial charge in [0.25, 0.3) is 0 Å². The van der Waals surface area contributed by atoms with Crippen molar-refractivity contribution >= 4 is 11.0 Å². The Morgan fingerprint density at radius 3 is 2.77 bits per heavy atom. The van der Waals surface area contributed by atoms with Gasteiger partial charge in [0.1, 0.15) is 12.0 Å². The largest absolute Gasteiger partial charge is 0.346 e. The minimum atomic E-state index is 0.928. The lowest BCUT2D eigenvalue weighted by Crippen LogP contribution is -1.88. The minimum absolute atomic E-state index is 0.928. The lowest BCUT2D eigenvalue weighted by atomic mass is 10.2. The van der Waals surface area contributed by atoms with Gasteiger partial charge in [-0.3, -0.25) is 0 Å². The van der Waals surface area contributed by atoms with Crippen LogP contribution < -0.4 is 0 Å². The molecule has 0 aliphatic rings. The summed E-state index contributed by atoms with van der Waals surface area (Å²) < 4.78 is 0. The molecule has 70 valence electrons. The number of nitrogens with one attached hydrogen (secondary N) is 1. The van der Waals surface area contributed by atoms with Gasteiger partial charge in [0.2, 0.25) is 0 Å². The molecule has 0 bridgehead atoms. The van der Waals surface area contributed by atoms with Crippen molar-refractivity contribution in [2.24, 2.45) is 0 Å². The van der Waals surface area contributed by atoms with Crippen LogP contribution >= 0.6 is 0 Å². The highest BCUT2D eigenvalue weighted by molar-refractivity contribution is 5.77. The molecule has 0 atom stereocenters. The molecule has 13 heavy (non-hydrogen) atoms. The van der Waals surface area contributed by atoms with Crippen molar-refractivity contribution in [3.63, 3.8) is 0 Å². The number of hydrogen-bond donors (Lipinski definition) is 1. The molecule has 0 amide bonds. The molecule has 0 spiro atoms. The van der Waals surface area contributed by atoms with Crippen LogP contribution in [0, 0.1) is 0 Å². The van der Waals surface area contributed by atoms with Crippen molar-refractivity contribution < 1.29 is 0 Å². The second kappa shape index (κ2) is 4.60. The van der Waals surface area contributed by atoms with E-state index >= 15 is 0 Å². The standard InChI is InChI=1S/C8H9N3.C2H6/c1-2-7-6-3-4-9-8(6)11-5-10-7;1-2/h3-5H,2H2,1H3,(H,9,10,11);1-2H3. The van der Waals surface area contributed by atoms with Gasteiger partial charge in [0.05, 0.1) is 5.69 Å². The number of aromatic amines is 1. The molecule has 2 rings (SSSR count). The molecule has 2 aromatic rings. The monoisotopic (exact) mass is 177 g/mol. The summed E-state index contributed by atoms with van der Waals surface area (Å²) in [5.41, 5.74) is 2.04. The van der Waals surface area contributed by atoms with Crippen LogP contribution in [0.25, 0.3) is 11.0 Å². The highest BCUT2D eigenvalue weighted by Crippen LogP contribution is 2.12. The second-order valence-corrected chi connectivity index (χ2v) is 2.41. The number of aryl methyl sites for hydroxylation is 1. The van der Waals surface area contributed by atoms with E-state index in [1.54, 1.807) is 6.33 Å². The van der Waals surface area contributed by atoms with Crippen LogP contribution in [-0.2, 0) is 6.42 Å². The predicted octanol–water partition coefficient (Wildman–Crippen LogP) is 2.55. The van der Waals surface area contributed by atoms with Crippen LogP contribution in [0.15, 0.2) is 18.6 Å². The van der Waals surface area contributed by atoms with Gasteiger partial charge in [0, 0.05) is 11.6 Å². The normalized spacial score (nSPS) is 9.46. The minimum Gasteiger partial charge on any atom is -0.346 e. The molecule has 0 fully saturated rings. The van der Waals surface area contributed by atoms with Crippen molar-refractivity contribution in [1.29, 1.82) is 0 Å². The molecule has 2 aromatic heterocycles. The van der Waals surface area contributed by atoms with E-state index in [4.69, 9.17) is 0 Å². The molecule has 0 aliphatic heterocycles. The van der Waals surface area contributed by atoms with E-state index in [9.17, 15) is 0 Å². The molecule has 0 saturated carbocycles. The van der Waals surface area contributed by atoms with Gasteiger partial charge in [-0.1, -0.05) is 20.8 Å². The summed E-state index contributed by atoms with van der Waals surface area (Å²) in [5.74, 6) is 0. The van der Waals surface area contributed by atoms with Crippen molar-refractivity contribution in [2.45, 2.75) is 27.2 Å². The topological polar surface area (TPSA) is 41.6 Å². The number of rotatable bonds is 1. The molecule has 0 aliphatic carbocycles. The zero-order chi connectivity index (χ0) is 9.68. The summed E-state index contributed by atoms with van der Waals surface area (Å²) in [6, 6.07) is 2.01. The van der Waals surface area contributed by atoms with Crippen LogP contribution in [-0.4, -0.2) is 15.0 Å². The van der Waals surface area contributed by atoms with Gasteiger partial charge in [-0.2, -0.15) is 0 Å². The van der Waals surface area contributed by atoms with E-state index in [1.807, 2.05) is 26.1 Å². The number of fused-ring (bicyclic) bond motifs is 1. The van der Waals surface area contributed by atoms with Crippen LogP contribution in [0.1, 0.15) is 26.5 Å². The molecular weight excluding hydrogens is 162 g/mol. The van der Waals surface area contributed by atoms with Crippen molar-refractivity contribution in [1.82, 2.24) is 15.0 Å². The Morgan fingerprint density at radius 2 is 2.08 bits per heavy atom. The lowest BCUT2D eigenvalue weighted by molar-refractivity contribution is 1.03. The first-order valence-electron chi connectivity index (χ1n) is 4.68. The zero-order valence-electron chi connectivity index (χ0n) is 8.33. The predicted molar refractivity (Wildman–Crippen MR) is 54.6 cm³/mol. The van der Waals surface area contributed by atoms with E-state index in [2.05, 4.69) is 21.9 Å². The van der Waals surface area contributed by atoms with E-state index in [0.29, 0.717) is 0 Å². The molecule has 3 heteroatoms. The highest BCUT2D eigenvalue weighted by atomic mass is 14.9. The average molecular weight is 177 g/mol. The van der Waals surface area contributed by atoms with Gasteiger partial charge in [-0.05, 0) is 12.5 Å². The summed E-state index contributed by atoms with van der Waals surface area (Å²) >= 11 is 0. The van der Waals surface area contributed by atoms with Gasteiger partial charge in [0.15, 0.2) is 0 Å². The molecular formula is C10H15N3. The number of H-pyrrole nitrogens is 1. The van der Waals surface area contributed by atoms with Crippen LogP contribution in [0.5, 0.6) is 0 Å². The molecule has 1 N–H and O–H groups in total. The number of hydrogen-bond acceptors (Lipinski definition) is 2. The van der Waals surface area contributed by atoms with E-state index in [1.165, 1.54) is 0 Å². The molecule has 2 heterocycles. The Balaban J connectivity index is 0.000000396. The molecule has 0 saturated heterocycles.